The van der Waals surface area contributed by atoms with Crippen LogP contribution in [0.1, 0.15) is 54.6 Å². The van der Waals surface area contributed by atoms with Crippen LogP contribution in [-0.4, -0.2) is 47.4 Å². The van der Waals surface area contributed by atoms with E-state index in [1.54, 1.807) is 6.26 Å². The lowest BCUT2D eigenvalue weighted by molar-refractivity contribution is -0.0987. The van der Waals surface area contributed by atoms with Crippen LogP contribution in [0.5, 0.6) is 0 Å². The molecule has 1 saturated heterocycles. The molecule has 1 amide bonds. The van der Waals surface area contributed by atoms with Crippen LogP contribution in [0.4, 0.5) is 0 Å². The third-order valence-electron chi connectivity index (χ3n) is 7.33. The molecule has 4 nitrogen and oxygen atoms in total. The Bertz CT molecular complexity index is 607. The summed E-state index contributed by atoms with van der Waals surface area (Å²) in [5.74, 6) is 3.86. The van der Waals surface area contributed by atoms with Crippen LogP contribution in [0.2, 0.25) is 0 Å². The lowest BCUT2D eigenvalue weighted by atomic mass is 9.52. The monoisotopic (exact) mass is 328 g/mol. The van der Waals surface area contributed by atoms with Crippen LogP contribution in [0, 0.1) is 24.7 Å². The Kier molecular flexibility index (Phi) is 3.35. The van der Waals surface area contributed by atoms with Gasteiger partial charge in [0.25, 0.3) is 5.91 Å². The second kappa shape index (κ2) is 5.35. The summed E-state index contributed by atoms with van der Waals surface area (Å²) >= 11 is 0. The number of rotatable bonds is 2. The van der Waals surface area contributed by atoms with Gasteiger partial charge in [-0.3, -0.25) is 9.69 Å². The smallest absolute Gasteiger partial charge is 0.257 e. The van der Waals surface area contributed by atoms with Gasteiger partial charge in [0.05, 0.1) is 11.8 Å². The summed E-state index contributed by atoms with van der Waals surface area (Å²) in [4.78, 5) is 17.5. The second-order valence-electron chi connectivity index (χ2n) is 8.81. The fourth-order valence-corrected chi connectivity index (χ4v) is 6.61. The van der Waals surface area contributed by atoms with E-state index in [9.17, 15) is 4.79 Å². The molecule has 1 aromatic heterocycles. The van der Waals surface area contributed by atoms with Crippen LogP contribution < -0.4 is 0 Å². The molecule has 0 radical (unpaired) electrons. The van der Waals surface area contributed by atoms with Crippen LogP contribution in [0.25, 0.3) is 0 Å². The first-order valence-corrected chi connectivity index (χ1v) is 9.71. The van der Waals surface area contributed by atoms with E-state index >= 15 is 0 Å². The SMILES string of the molecule is Cc1occc1C(=O)N1CCN(C23CC4CC(CC(C4)C2)C3)CC1. The molecule has 4 heteroatoms. The van der Waals surface area contributed by atoms with Gasteiger partial charge < -0.3 is 9.32 Å². The fraction of sp³-hybridized carbons (Fsp3) is 0.750. The van der Waals surface area contributed by atoms with Crippen molar-refractivity contribution < 1.29 is 9.21 Å². The molecule has 0 unspecified atom stereocenters. The standard InChI is InChI=1S/C20H28N2O2/c1-14-18(2-7-24-14)19(23)21-3-5-22(6-4-21)20-11-15-8-16(12-20)10-17(9-15)13-20/h2,7,15-17H,3-6,8-13H2,1H3. The van der Waals surface area contributed by atoms with Crippen molar-refractivity contribution >= 4 is 5.91 Å². The highest BCUT2D eigenvalue weighted by atomic mass is 16.3. The summed E-state index contributed by atoms with van der Waals surface area (Å²) < 4.78 is 5.30. The van der Waals surface area contributed by atoms with Crippen molar-refractivity contribution in [1.82, 2.24) is 9.80 Å². The van der Waals surface area contributed by atoms with Crippen molar-refractivity contribution in [2.24, 2.45) is 17.8 Å². The second-order valence-corrected chi connectivity index (χ2v) is 8.81. The van der Waals surface area contributed by atoms with Crippen molar-refractivity contribution in [3.63, 3.8) is 0 Å². The zero-order chi connectivity index (χ0) is 16.3. The number of piperazine rings is 1. The van der Waals surface area contributed by atoms with Gasteiger partial charge in [0.2, 0.25) is 0 Å². The number of nitrogens with zero attached hydrogens (tertiary/aromatic N) is 2. The summed E-state index contributed by atoms with van der Waals surface area (Å²) in [6.07, 6.45) is 10.4. The third kappa shape index (κ3) is 2.26. The maximum absolute atomic E-state index is 12.7. The highest BCUT2D eigenvalue weighted by Crippen LogP contribution is 2.57. The predicted octanol–water partition coefficient (Wildman–Crippen LogP) is 3.31. The molecule has 5 aliphatic rings. The molecule has 0 N–H and O–H groups in total. The molecule has 4 aliphatic carbocycles. The van der Waals surface area contributed by atoms with Crippen molar-refractivity contribution in [1.29, 1.82) is 0 Å². The van der Waals surface area contributed by atoms with Crippen molar-refractivity contribution in [2.75, 3.05) is 26.2 Å². The quantitative estimate of drug-likeness (QED) is 0.836. The molecule has 2 heterocycles. The Morgan fingerprint density at radius 2 is 1.62 bits per heavy atom. The molecular formula is C20H28N2O2. The van der Waals surface area contributed by atoms with E-state index in [2.05, 4.69) is 4.90 Å². The van der Waals surface area contributed by atoms with Gasteiger partial charge in [0.15, 0.2) is 0 Å². The van der Waals surface area contributed by atoms with Gasteiger partial charge in [-0.1, -0.05) is 0 Å². The molecule has 4 bridgehead atoms. The number of furan rings is 1. The maximum Gasteiger partial charge on any atom is 0.257 e. The molecule has 0 aromatic carbocycles. The van der Waals surface area contributed by atoms with Crippen molar-refractivity contribution in [2.45, 2.75) is 51.0 Å². The van der Waals surface area contributed by atoms with E-state index < -0.39 is 0 Å². The average Bonchev–Trinajstić information content (AvgIpc) is 2.99. The summed E-state index contributed by atoms with van der Waals surface area (Å²) in [7, 11) is 0. The molecule has 5 fully saturated rings. The molecule has 1 aromatic rings. The molecule has 6 rings (SSSR count). The minimum atomic E-state index is 0.145. The molecule has 1 aliphatic heterocycles. The fourth-order valence-electron chi connectivity index (χ4n) is 6.61. The van der Waals surface area contributed by atoms with E-state index in [0.29, 0.717) is 5.54 Å². The van der Waals surface area contributed by atoms with Crippen LogP contribution in [-0.2, 0) is 0 Å². The van der Waals surface area contributed by atoms with Gasteiger partial charge in [-0.2, -0.15) is 0 Å². The zero-order valence-corrected chi connectivity index (χ0v) is 14.7. The van der Waals surface area contributed by atoms with Crippen molar-refractivity contribution in [3.05, 3.63) is 23.7 Å². The number of carbonyl (C=O) groups excluding carboxylic acids is 1. The molecule has 0 spiro atoms. The molecule has 0 atom stereocenters. The Hall–Kier alpha value is -1.29. The van der Waals surface area contributed by atoms with E-state index in [4.69, 9.17) is 4.42 Å². The van der Waals surface area contributed by atoms with Crippen LogP contribution in [0.15, 0.2) is 16.7 Å². The first kappa shape index (κ1) is 15.0. The Balaban J connectivity index is 1.27. The lowest BCUT2D eigenvalue weighted by Crippen LogP contribution is -2.64. The summed E-state index contributed by atoms with van der Waals surface area (Å²) in [5.41, 5.74) is 1.22. The van der Waals surface area contributed by atoms with Crippen LogP contribution in [0.3, 0.4) is 0 Å². The number of hydrogen-bond donors (Lipinski definition) is 0. The first-order chi connectivity index (χ1) is 11.6. The number of amides is 1. The lowest BCUT2D eigenvalue weighted by Gasteiger charge is -2.61. The van der Waals surface area contributed by atoms with Crippen LogP contribution >= 0.6 is 0 Å². The number of hydrogen-bond acceptors (Lipinski definition) is 3. The Morgan fingerprint density at radius 3 is 2.12 bits per heavy atom. The van der Waals surface area contributed by atoms with E-state index in [1.165, 1.54) is 38.5 Å². The topological polar surface area (TPSA) is 36.7 Å². The molecular weight excluding hydrogens is 300 g/mol. The van der Waals surface area contributed by atoms with Crippen molar-refractivity contribution in [3.8, 4) is 0 Å². The predicted molar refractivity (Wildman–Crippen MR) is 91.8 cm³/mol. The molecule has 24 heavy (non-hydrogen) atoms. The molecule has 130 valence electrons. The highest BCUT2D eigenvalue weighted by molar-refractivity contribution is 5.95. The van der Waals surface area contributed by atoms with E-state index in [-0.39, 0.29) is 5.91 Å². The summed E-state index contributed by atoms with van der Waals surface area (Å²) in [6, 6.07) is 1.81. The van der Waals surface area contributed by atoms with Gasteiger partial charge in [0.1, 0.15) is 5.76 Å². The molecule has 4 saturated carbocycles. The van der Waals surface area contributed by atoms with Gasteiger partial charge in [-0.05, 0) is 69.3 Å². The van der Waals surface area contributed by atoms with E-state index in [1.807, 2.05) is 17.9 Å². The number of aryl methyl sites for hydroxylation is 1. The Morgan fingerprint density at radius 1 is 1.04 bits per heavy atom. The van der Waals surface area contributed by atoms with Gasteiger partial charge in [-0.25, -0.2) is 0 Å². The minimum absolute atomic E-state index is 0.145. The summed E-state index contributed by atoms with van der Waals surface area (Å²) in [5, 5.41) is 0. The Labute approximate surface area is 144 Å². The van der Waals surface area contributed by atoms with Gasteiger partial charge in [0, 0.05) is 31.7 Å². The highest BCUT2D eigenvalue weighted by Gasteiger charge is 2.53. The maximum atomic E-state index is 12.7. The first-order valence-electron chi connectivity index (χ1n) is 9.71. The van der Waals surface area contributed by atoms with Gasteiger partial charge >= 0.3 is 0 Å². The normalized spacial score (nSPS) is 38.7. The third-order valence-corrected chi connectivity index (χ3v) is 7.33. The largest absolute Gasteiger partial charge is 0.469 e. The van der Waals surface area contributed by atoms with Gasteiger partial charge in [-0.15, -0.1) is 0 Å². The number of carbonyl (C=O) groups is 1. The zero-order valence-electron chi connectivity index (χ0n) is 14.7. The average molecular weight is 328 g/mol. The summed E-state index contributed by atoms with van der Waals surface area (Å²) in [6.45, 7) is 5.71. The van der Waals surface area contributed by atoms with E-state index in [0.717, 1.165) is 55.3 Å². The minimum Gasteiger partial charge on any atom is -0.469 e.